The van der Waals surface area contributed by atoms with Crippen molar-refractivity contribution in [2.75, 3.05) is 0 Å². The Balaban J connectivity index is -0.000000291. The van der Waals surface area contributed by atoms with E-state index < -0.39 is 11.2 Å². The first-order valence-corrected chi connectivity index (χ1v) is 13.4. The summed E-state index contributed by atoms with van der Waals surface area (Å²) in [6.07, 6.45) is 22.6. The van der Waals surface area contributed by atoms with Gasteiger partial charge in [0.05, 0.1) is 0 Å². The molecule has 0 spiro atoms. The molecular weight excluding hydrogens is 463 g/mol. The van der Waals surface area contributed by atoms with Crippen LogP contribution in [0.4, 0.5) is 13.2 Å². The monoisotopic (exact) mass is 488 g/mol. The third-order valence-corrected chi connectivity index (χ3v) is 8.49. The molecule has 0 saturated heterocycles. The van der Waals surface area contributed by atoms with Crippen LogP contribution in [0.2, 0.25) is 6.04 Å². The van der Waals surface area contributed by atoms with Crippen LogP contribution in [-0.4, -0.2) is 11.2 Å². The van der Waals surface area contributed by atoms with Crippen molar-refractivity contribution in [3.8, 4) is 0 Å². The van der Waals surface area contributed by atoms with E-state index in [1.807, 2.05) is 19.1 Å². The van der Waals surface area contributed by atoms with E-state index in [0.29, 0.717) is 29.4 Å². The van der Waals surface area contributed by atoms with Crippen LogP contribution in [0.1, 0.15) is 52.4 Å². The van der Waals surface area contributed by atoms with E-state index in [0.717, 1.165) is 25.7 Å². The fourth-order valence-corrected chi connectivity index (χ4v) is 4.03. The zero-order chi connectivity index (χ0) is 17.6. The second kappa shape index (κ2) is 19.2. The summed E-state index contributed by atoms with van der Waals surface area (Å²) in [6.45, 7) is 4.12. The molecule has 2 aliphatic rings. The van der Waals surface area contributed by atoms with Gasteiger partial charge in [0.15, 0.2) is 0 Å². The van der Waals surface area contributed by atoms with Gasteiger partial charge in [-0.05, 0) is 0 Å². The summed E-state index contributed by atoms with van der Waals surface area (Å²) in [5, 5.41) is 0. The third-order valence-electron chi connectivity index (χ3n) is 3.02. The molecule has 0 aromatic carbocycles. The largest absolute Gasteiger partial charge is 0.273 e. The van der Waals surface area contributed by atoms with Gasteiger partial charge < -0.3 is 0 Å². The molecule has 0 atom stereocenters. The van der Waals surface area contributed by atoms with Crippen molar-refractivity contribution < 1.29 is 36.5 Å². The van der Waals surface area contributed by atoms with Gasteiger partial charge in [0.25, 0.3) is 0 Å². The number of unbranched alkanes of at least 4 members (excludes halogenated alkanes) is 1. The van der Waals surface area contributed by atoms with Crippen molar-refractivity contribution in [1.82, 2.24) is 0 Å². The van der Waals surface area contributed by atoms with Crippen LogP contribution in [0.15, 0.2) is 36.0 Å². The molecule has 2 aliphatic carbocycles. The van der Waals surface area contributed by atoms with E-state index in [-0.39, 0.29) is 24.8 Å². The minimum atomic E-state index is -3.85. The second-order valence-corrected chi connectivity index (χ2v) is 11.6. The van der Waals surface area contributed by atoms with Crippen LogP contribution >= 0.6 is 24.8 Å². The zero-order valence-electron chi connectivity index (χ0n) is 14.8. The molecule has 0 amide bonds. The van der Waals surface area contributed by atoms with Crippen LogP contribution in [0.25, 0.3) is 0 Å². The Morgan fingerprint density at radius 2 is 1.80 bits per heavy atom. The molecule has 0 radical (unpaired) electrons. The standard InChI is InChI=1S/C8H11.C5H9F3Si.C5H5.2ClH.Zr/c1-2-5-8-6-3-4-7-8;1-2-3-4-9-5(6,7)8;1-2-4-5-3-1;;;/h6-7H,2-3,5H2,1H3;2-4H2,1H3;1-3H,4H2;2*1H;/q-1;;-1;;;+2. The van der Waals surface area contributed by atoms with Crippen LogP contribution in [-0.2, 0) is 23.3 Å². The molecule has 0 saturated carbocycles. The van der Waals surface area contributed by atoms with Crippen molar-refractivity contribution in [3.05, 3.63) is 48.1 Å². The normalized spacial score (nSPS) is 13.6. The number of alkyl halides is 3. The first kappa shape index (κ1) is 30.2. The van der Waals surface area contributed by atoms with Gasteiger partial charge in [0.1, 0.15) is 0 Å². The summed E-state index contributed by atoms with van der Waals surface area (Å²) < 4.78 is 35.5. The van der Waals surface area contributed by atoms with Gasteiger partial charge >= 0.3 is 73.5 Å². The van der Waals surface area contributed by atoms with Gasteiger partial charge in [-0.2, -0.15) is 12.2 Å². The fraction of sp³-hybridized carbons (Fsp3) is 0.556. The Labute approximate surface area is 178 Å². The summed E-state index contributed by atoms with van der Waals surface area (Å²) in [5.41, 5.74) is -0.513. The maximum Gasteiger partial charge on any atom is -0.109 e. The van der Waals surface area contributed by atoms with Gasteiger partial charge in [-0.1, -0.05) is 19.8 Å². The van der Waals surface area contributed by atoms with E-state index in [9.17, 15) is 13.2 Å². The number of rotatable bonds is 5. The Morgan fingerprint density at radius 3 is 2.12 bits per heavy atom. The van der Waals surface area contributed by atoms with E-state index in [2.05, 4.69) is 37.3 Å². The van der Waals surface area contributed by atoms with Crippen molar-refractivity contribution in [3.63, 3.8) is 0 Å². The maximum absolute atomic E-state index is 11.8. The van der Waals surface area contributed by atoms with E-state index in [1.165, 1.54) is 18.4 Å². The molecule has 0 aliphatic heterocycles. The van der Waals surface area contributed by atoms with Crippen molar-refractivity contribution in [2.24, 2.45) is 0 Å². The third kappa shape index (κ3) is 19.0. The minimum Gasteiger partial charge on any atom is -0.273 e. The number of hydrogen-bond donors (Lipinski definition) is 0. The predicted molar refractivity (Wildman–Crippen MR) is 103 cm³/mol. The van der Waals surface area contributed by atoms with Gasteiger partial charge in [-0.3, -0.25) is 12.2 Å². The molecule has 7 heteroatoms. The van der Waals surface area contributed by atoms with Crippen LogP contribution in [0.5, 0.6) is 0 Å². The molecule has 2 rings (SSSR count). The van der Waals surface area contributed by atoms with Gasteiger partial charge in [0.2, 0.25) is 0 Å². The second-order valence-electron chi connectivity index (χ2n) is 5.16. The number of halogens is 5. The number of hydrogen-bond acceptors (Lipinski definition) is 0. The van der Waals surface area contributed by atoms with Gasteiger partial charge in [-0.25, -0.2) is 23.8 Å². The first-order chi connectivity index (χ1) is 10.9. The topological polar surface area (TPSA) is 0 Å². The molecule has 0 aromatic heterocycles. The maximum atomic E-state index is 11.8. The summed E-state index contributed by atoms with van der Waals surface area (Å²) in [7, 11) is 0. The minimum absolute atomic E-state index is 0. The summed E-state index contributed by atoms with van der Waals surface area (Å²) in [6, 6.07) is 0.406. The average molecular weight is 491 g/mol. The summed E-state index contributed by atoms with van der Waals surface area (Å²) in [5.74, 6) is -3.85. The SMILES string of the molecule is CCCC1=CC[C-]=C1.CCCC[Si](=[Zr+2])C(F)(F)F.Cl.Cl.[C-]1=CC=CC1. The molecule has 0 heterocycles. The van der Waals surface area contributed by atoms with Crippen molar-refractivity contribution in [1.29, 1.82) is 0 Å². The molecule has 0 nitrogen and oxygen atoms in total. The van der Waals surface area contributed by atoms with Crippen LogP contribution in [0.3, 0.4) is 0 Å². The van der Waals surface area contributed by atoms with E-state index in [1.54, 1.807) is 0 Å². The molecule has 0 N–H and O–H groups in total. The van der Waals surface area contributed by atoms with Crippen molar-refractivity contribution in [2.45, 2.75) is 64.2 Å². The van der Waals surface area contributed by atoms with Crippen molar-refractivity contribution >= 4 is 30.2 Å². The van der Waals surface area contributed by atoms with Crippen LogP contribution < -0.4 is 0 Å². The van der Waals surface area contributed by atoms with Gasteiger partial charge in [0, 0.05) is 0 Å². The molecule has 0 unspecified atom stereocenters. The molecule has 25 heavy (non-hydrogen) atoms. The molecular formula is C18H27Cl2F3SiZr. The van der Waals surface area contributed by atoms with Crippen LogP contribution in [0, 0.1) is 12.2 Å². The Kier molecular flexibility index (Phi) is 23.2. The summed E-state index contributed by atoms with van der Waals surface area (Å²) >= 11 is 0.689. The average Bonchev–Trinajstić information content (AvgIpc) is 3.20. The Hall–Kier alpha value is 0.430. The molecule has 0 fully saturated rings. The quantitative estimate of drug-likeness (QED) is 0.286. The molecule has 0 bridgehead atoms. The number of allylic oxidation sites excluding steroid dienone is 8. The Bertz CT molecular complexity index is 446. The summed E-state index contributed by atoms with van der Waals surface area (Å²) in [4.78, 5) is 0. The zero-order valence-corrected chi connectivity index (χ0v) is 19.9. The fourth-order valence-electron chi connectivity index (χ4n) is 1.74. The van der Waals surface area contributed by atoms with Gasteiger partial charge in [-0.15, -0.1) is 37.7 Å². The first-order valence-electron chi connectivity index (χ1n) is 8.03. The predicted octanol–water partition coefficient (Wildman–Crippen LogP) is 7.05. The smallest absolute Gasteiger partial charge is 0.109 e. The van der Waals surface area contributed by atoms with E-state index in [4.69, 9.17) is 0 Å². The molecule has 142 valence electrons. The Morgan fingerprint density at radius 1 is 1.12 bits per heavy atom. The molecule has 0 aromatic rings. The van der Waals surface area contributed by atoms with E-state index >= 15 is 0 Å².